The number of nitrogens with one attached hydrogen (secondary N) is 2. The van der Waals surface area contributed by atoms with Crippen LogP contribution >= 0.6 is 11.6 Å². The molecule has 0 spiro atoms. The smallest absolute Gasteiger partial charge is 0.275 e. The fourth-order valence-electron chi connectivity index (χ4n) is 4.03. The quantitative estimate of drug-likeness (QED) is 0.525. The predicted molar refractivity (Wildman–Crippen MR) is 122 cm³/mol. The molecule has 0 aliphatic carbocycles. The number of allylic oxidation sites excluding steroid dienone is 1. The average Bonchev–Trinajstić information content (AvgIpc) is 3.42. The minimum atomic E-state index is -1.31. The van der Waals surface area contributed by atoms with Crippen LogP contribution in [0.1, 0.15) is 30.3 Å². The maximum absolute atomic E-state index is 14.4. The number of nitrogens with zero attached hydrogens (tertiary/aromatic N) is 5. The van der Waals surface area contributed by atoms with Crippen LogP contribution in [-0.2, 0) is 4.74 Å². The SMILES string of the molecule is C=C(/C(Cl)=N\C=C(/C)F)[C@H]1C[C@H](F)CN1C(=O)c1n[nH]c2ncnc(N[C@@H]3CCOC[C@H]3O)c12. The molecule has 3 N–H and O–H groups in total. The van der Waals surface area contributed by atoms with Crippen molar-refractivity contribution < 1.29 is 23.4 Å². The van der Waals surface area contributed by atoms with Gasteiger partial charge in [-0.2, -0.15) is 5.10 Å². The summed E-state index contributed by atoms with van der Waals surface area (Å²) >= 11 is 6.13. The molecule has 0 unspecified atom stereocenters. The molecule has 0 aromatic carbocycles. The zero-order valence-corrected chi connectivity index (χ0v) is 19.1. The number of aromatic amines is 1. The van der Waals surface area contributed by atoms with Gasteiger partial charge in [0.2, 0.25) is 0 Å². The van der Waals surface area contributed by atoms with Crippen LogP contribution in [0, 0.1) is 0 Å². The van der Waals surface area contributed by atoms with Gasteiger partial charge in [-0.3, -0.25) is 9.89 Å². The van der Waals surface area contributed by atoms with Gasteiger partial charge in [-0.25, -0.2) is 23.7 Å². The number of fused-ring (bicyclic) bond motifs is 1. The second-order valence-electron chi connectivity index (χ2n) is 8.17. The summed E-state index contributed by atoms with van der Waals surface area (Å²) in [6, 6.07) is -1.14. The number of H-pyrrole nitrogens is 1. The van der Waals surface area contributed by atoms with Crippen molar-refractivity contribution in [1.29, 1.82) is 0 Å². The van der Waals surface area contributed by atoms with Crippen LogP contribution in [0.2, 0.25) is 0 Å². The number of anilines is 1. The first-order valence-corrected chi connectivity index (χ1v) is 11.0. The van der Waals surface area contributed by atoms with Crippen LogP contribution in [0.5, 0.6) is 0 Å². The number of aliphatic hydroxyl groups excluding tert-OH is 1. The van der Waals surface area contributed by atoms with Crippen molar-refractivity contribution >= 4 is 39.5 Å². The minimum absolute atomic E-state index is 0.0147. The number of aromatic nitrogens is 4. The van der Waals surface area contributed by atoms with E-state index < -0.39 is 30.1 Å². The van der Waals surface area contributed by atoms with Gasteiger partial charge in [0.15, 0.2) is 11.3 Å². The highest BCUT2D eigenvalue weighted by atomic mass is 35.5. The highest BCUT2D eigenvalue weighted by molar-refractivity contribution is 6.69. The molecule has 13 heteroatoms. The van der Waals surface area contributed by atoms with Crippen LogP contribution in [0.25, 0.3) is 11.0 Å². The molecule has 0 bridgehead atoms. The summed E-state index contributed by atoms with van der Waals surface area (Å²) in [5.41, 5.74) is 0.475. The number of hydrogen-bond donors (Lipinski definition) is 3. The number of halogens is 3. The Bertz CT molecular complexity index is 1150. The molecule has 0 saturated carbocycles. The predicted octanol–water partition coefficient (Wildman–Crippen LogP) is 2.49. The van der Waals surface area contributed by atoms with Gasteiger partial charge in [0.05, 0.1) is 42.9 Å². The Kier molecular flexibility index (Phi) is 7.19. The number of amides is 1. The number of ether oxygens (including phenoxy) is 1. The van der Waals surface area contributed by atoms with Crippen molar-refractivity contribution in [2.24, 2.45) is 4.99 Å². The summed E-state index contributed by atoms with van der Waals surface area (Å²) < 4.78 is 32.7. The van der Waals surface area contributed by atoms with Gasteiger partial charge >= 0.3 is 0 Å². The number of carbonyl (C=O) groups excluding carboxylic acids is 1. The summed E-state index contributed by atoms with van der Waals surface area (Å²) in [5, 5.41) is 20.4. The van der Waals surface area contributed by atoms with E-state index in [1.54, 1.807) is 0 Å². The van der Waals surface area contributed by atoms with Crippen LogP contribution in [0.3, 0.4) is 0 Å². The zero-order chi connectivity index (χ0) is 24.4. The summed E-state index contributed by atoms with van der Waals surface area (Å²) in [6.07, 6.45) is 0.653. The standard InChI is InChI=1S/C21H24ClF2N7O3/c1-10(23)6-25-18(22)11(2)14-5-12(24)7-31(14)21(33)17-16-19(26-9-27-20(16)30-29-17)28-13-3-4-34-8-15(13)32/h6,9,12-15,32H,2-5,7-8H2,1H3,(H2,26,27,28,29,30)/b10-6+,25-18+/t12-,13+,14+,15+/m0/s1. The molecule has 10 nitrogen and oxygen atoms in total. The zero-order valence-electron chi connectivity index (χ0n) is 18.3. The van der Waals surface area contributed by atoms with Crippen molar-refractivity contribution in [1.82, 2.24) is 25.1 Å². The Morgan fingerprint density at radius 3 is 3.03 bits per heavy atom. The lowest BCUT2D eigenvalue weighted by Gasteiger charge is -2.29. The molecule has 182 valence electrons. The Labute approximate surface area is 198 Å². The molecular formula is C21H24ClF2N7O3. The molecule has 2 saturated heterocycles. The Hall–Kier alpha value is -2.96. The van der Waals surface area contributed by atoms with Gasteiger partial charge in [0.25, 0.3) is 5.91 Å². The molecule has 34 heavy (non-hydrogen) atoms. The molecular weight excluding hydrogens is 472 g/mol. The van der Waals surface area contributed by atoms with E-state index in [0.717, 1.165) is 6.20 Å². The summed E-state index contributed by atoms with van der Waals surface area (Å²) in [4.78, 5) is 26.9. The molecule has 2 aromatic rings. The van der Waals surface area contributed by atoms with Gasteiger partial charge < -0.3 is 20.1 Å². The normalized spacial score (nSPS) is 26.2. The number of aliphatic hydroxyl groups is 1. The second kappa shape index (κ2) is 10.1. The number of carbonyl (C=O) groups is 1. The third kappa shape index (κ3) is 4.93. The third-order valence-corrected chi connectivity index (χ3v) is 6.08. The monoisotopic (exact) mass is 495 g/mol. The van der Waals surface area contributed by atoms with Crippen LogP contribution in [0.15, 0.2) is 35.5 Å². The Morgan fingerprint density at radius 2 is 2.29 bits per heavy atom. The van der Waals surface area contributed by atoms with Crippen molar-refractivity contribution in [3.63, 3.8) is 0 Å². The van der Waals surface area contributed by atoms with E-state index in [1.807, 2.05) is 0 Å². The van der Waals surface area contributed by atoms with Crippen LogP contribution < -0.4 is 5.32 Å². The molecule has 4 heterocycles. The Balaban J connectivity index is 1.64. The maximum atomic E-state index is 14.4. The average molecular weight is 496 g/mol. The first-order chi connectivity index (χ1) is 16.3. The van der Waals surface area contributed by atoms with Gasteiger partial charge in [-0.15, -0.1) is 0 Å². The van der Waals surface area contributed by atoms with E-state index in [2.05, 4.69) is 37.1 Å². The van der Waals surface area contributed by atoms with Crippen molar-refractivity contribution in [3.8, 4) is 0 Å². The summed E-state index contributed by atoms with van der Waals surface area (Å²) in [7, 11) is 0. The van der Waals surface area contributed by atoms with Gasteiger partial charge in [-0.05, 0) is 13.3 Å². The first kappa shape index (κ1) is 24.2. The maximum Gasteiger partial charge on any atom is 0.275 e. The van der Waals surface area contributed by atoms with E-state index in [0.29, 0.717) is 29.9 Å². The largest absolute Gasteiger partial charge is 0.389 e. The molecule has 2 aliphatic heterocycles. The molecule has 4 rings (SSSR count). The van der Waals surface area contributed by atoms with Crippen molar-refractivity contribution in [2.75, 3.05) is 25.1 Å². The topological polar surface area (TPSA) is 129 Å². The number of alkyl halides is 1. The van der Waals surface area contributed by atoms with E-state index >= 15 is 0 Å². The molecule has 2 aromatic heterocycles. The van der Waals surface area contributed by atoms with Gasteiger partial charge in [0, 0.05) is 18.6 Å². The number of rotatable bonds is 6. The molecule has 1 amide bonds. The number of hydrogen-bond acceptors (Lipinski definition) is 8. The Morgan fingerprint density at radius 1 is 1.50 bits per heavy atom. The first-order valence-electron chi connectivity index (χ1n) is 10.7. The number of aliphatic imine (C=N–C) groups is 1. The highest BCUT2D eigenvalue weighted by Gasteiger charge is 2.40. The van der Waals surface area contributed by atoms with E-state index in [4.69, 9.17) is 16.3 Å². The minimum Gasteiger partial charge on any atom is -0.389 e. The van der Waals surface area contributed by atoms with E-state index in [9.17, 15) is 18.7 Å². The molecule has 2 fully saturated rings. The van der Waals surface area contributed by atoms with Crippen molar-refractivity contribution in [3.05, 3.63) is 36.2 Å². The van der Waals surface area contributed by atoms with Crippen LogP contribution in [-0.4, -0.2) is 85.4 Å². The molecule has 0 radical (unpaired) electrons. The lowest BCUT2D eigenvalue weighted by Crippen LogP contribution is -2.42. The fraction of sp³-hybridized carbons (Fsp3) is 0.476. The van der Waals surface area contributed by atoms with E-state index in [-0.39, 0.29) is 42.1 Å². The van der Waals surface area contributed by atoms with Crippen molar-refractivity contribution in [2.45, 2.75) is 44.1 Å². The summed E-state index contributed by atoms with van der Waals surface area (Å²) in [5.74, 6) is -0.835. The lowest BCUT2D eigenvalue weighted by molar-refractivity contribution is -0.0135. The highest BCUT2D eigenvalue weighted by Crippen LogP contribution is 2.31. The van der Waals surface area contributed by atoms with Crippen LogP contribution in [0.4, 0.5) is 14.6 Å². The fourth-order valence-corrected chi connectivity index (χ4v) is 4.21. The van der Waals surface area contributed by atoms with Gasteiger partial charge in [-0.1, -0.05) is 18.2 Å². The van der Waals surface area contributed by atoms with Gasteiger partial charge in [0.1, 0.15) is 29.3 Å². The summed E-state index contributed by atoms with van der Waals surface area (Å²) in [6.45, 7) is 5.50. The second-order valence-corrected chi connectivity index (χ2v) is 8.53. The third-order valence-electron chi connectivity index (χ3n) is 5.74. The lowest BCUT2D eigenvalue weighted by atomic mass is 10.1. The number of likely N-dealkylation sites (tertiary alicyclic amines) is 1. The molecule has 4 atom stereocenters. The van der Waals surface area contributed by atoms with E-state index in [1.165, 1.54) is 18.2 Å². The molecule has 2 aliphatic rings.